The topological polar surface area (TPSA) is 65.4 Å². The fraction of sp³-hybridized carbons (Fsp3) is 1.00. The second-order valence-electron chi connectivity index (χ2n) is 9.10. The maximum atomic E-state index is 10.3. The van der Waals surface area contributed by atoms with Gasteiger partial charge in [0.15, 0.2) is 0 Å². The molecule has 0 unspecified atom stereocenters. The second kappa shape index (κ2) is 12.5. The van der Waals surface area contributed by atoms with Crippen molar-refractivity contribution in [2.45, 2.75) is 88.6 Å². The van der Waals surface area contributed by atoms with Crippen molar-refractivity contribution in [2.75, 3.05) is 52.5 Å². The lowest BCUT2D eigenvalue weighted by molar-refractivity contribution is -0.0459. The van der Waals surface area contributed by atoms with Gasteiger partial charge in [-0.05, 0) is 25.7 Å². The van der Waals surface area contributed by atoms with Gasteiger partial charge in [0, 0.05) is 39.3 Å². The predicted octanol–water partition coefficient (Wildman–Crippen LogP) is 2.02. The molecule has 6 nitrogen and oxygen atoms in total. The van der Waals surface area contributed by atoms with E-state index in [0.29, 0.717) is 38.5 Å². The highest BCUT2D eigenvalue weighted by Gasteiger charge is 2.23. The van der Waals surface area contributed by atoms with Crippen LogP contribution in [0.25, 0.3) is 0 Å². The molecule has 3 aliphatic rings. The first kappa shape index (κ1) is 22.4. The van der Waals surface area contributed by atoms with Crippen LogP contribution in [0.2, 0.25) is 0 Å². The van der Waals surface area contributed by atoms with Crippen LogP contribution in [-0.4, -0.2) is 96.9 Å². The Hall–Kier alpha value is -0.240. The lowest BCUT2D eigenvalue weighted by Crippen LogP contribution is -2.51. The highest BCUT2D eigenvalue weighted by Crippen LogP contribution is 2.21. The largest absolute Gasteiger partial charge is 0.389 e. The van der Waals surface area contributed by atoms with Crippen LogP contribution >= 0.6 is 0 Å². The number of nitrogens with zero attached hydrogens (tertiary/aromatic N) is 2. The third kappa shape index (κ3) is 8.25. The van der Waals surface area contributed by atoms with Crippen molar-refractivity contribution in [3.05, 3.63) is 0 Å². The third-order valence-corrected chi connectivity index (χ3v) is 6.56. The monoisotopic (exact) mass is 398 g/mol. The first-order valence-corrected chi connectivity index (χ1v) is 11.7. The van der Waals surface area contributed by atoms with Crippen LogP contribution in [0, 0.1) is 0 Å². The number of rotatable bonds is 10. The van der Waals surface area contributed by atoms with Crippen LogP contribution in [-0.2, 0) is 9.47 Å². The molecule has 0 aromatic carbocycles. The Balaban J connectivity index is 1.23. The molecule has 2 saturated carbocycles. The Morgan fingerprint density at radius 1 is 0.607 bits per heavy atom. The Morgan fingerprint density at radius 3 is 1.32 bits per heavy atom. The molecular weight excluding hydrogens is 356 g/mol. The molecule has 0 spiro atoms. The molecule has 3 rings (SSSR count). The van der Waals surface area contributed by atoms with Gasteiger partial charge in [-0.1, -0.05) is 38.5 Å². The molecule has 28 heavy (non-hydrogen) atoms. The molecule has 0 aromatic rings. The molecule has 2 aliphatic carbocycles. The molecule has 6 heteroatoms. The molecule has 2 atom stereocenters. The molecule has 1 heterocycles. The zero-order valence-electron chi connectivity index (χ0n) is 17.6. The van der Waals surface area contributed by atoms with E-state index in [0.717, 1.165) is 51.9 Å². The van der Waals surface area contributed by atoms with E-state index in [1.165, 1.54) is 38.5 Å². The third-order valence-electron chi connectivity index (χ3n) is 6.56. The van der Waals surface area contributed by atoms with E-state index in [9.17, 15) is 10.2 Å². The minimum absolute atomic E-state index is 0.359. The van der Waals surface area contributed by atoms with E-state index in [4.69, 9.17) is 9.47 Å². The smallest absolute Gasteiger partial charge is 0.0900 e. The Bertz CT molecular complexity index is 367. The molecule has 2 N–H and O–H groups in total. The van der Waals surface area contributed by atoms with Gasteiger partial charge < -0.3 is 19.7 Å². The van der Waals surface area contributed by atoms with Crippen molar-refractivity contribution < 1.29 is 19.7 Å². The van der Waals surface area contributed by atoms with Gasteiger partial charge in [0.25, 0.3) is 0 Å². The minimum atomic E-state index is -0.400. The number of hydrogen-bond acceptors (Lipinski definition) is 6. The van der Waals surface area contributed by atoms with Gasteiger partial charge in [0.05, 0.1) is 37.6 Å². The SMILES string of the molecule is O[C@H](COC1CCCCC1)CN1CCN(C[C@@H](O)COC2CCCCC2)CC1. The first-order valence-electron chi connectivity index (χ1n) is 11.7. The highest BCUT2D eigenvalue weighted by atomic mass is 16.5. The van der Waals surface area contributed by atoms with Crippen LogP contribution in [0.4, 0.5) is 0 Å². The van der Waals surface area contributed by atoms with Crippen molar-refractivity contribution in [1.29, 1.82) is 0 Å². The molecule has 0 aromatic heterocycles. The average Bonchev–Trinajstić information content (AvgIpc) is 2.74. The molecule has 0 amide bonds. The second-order valence-corrected chi connectivity index (χ2v) is 9.10. The average molecular weight is 399 g/mol. The Morgan fingerprint density at radius 2 is 0.964 bits per heavy atom. The van der Waals surface area contributed by atoms with E-state index >= 15 is 0 Å². The number of aliphatic hydroxyl groups excluding tert-OH is 2. The molecule has 3 fully saturated rings. The first-order chi connectivity index (χ1) is 13.7. The number of aliphatic hydroxyl groups is 2. The maximum absolute atomic E-state index is 10.3. The molecule has 1 saturated heterocycles. The fourth-order valence-corrected chi connectivity index (χ4v) is 4.81. The summed E-state index contributed by atoms with van der Waals surface area (Å²) in [6.45, 7) is 6.06. The van der Waals surface area contributed by atoms with Gasteiger partial charge >= 0.3 is 0 Å². The highest BCUT2D eigenvalue weighted by molar-refractivity contribution is 4.77. The van der Waals surface area contributed by atoms with Gasteiger partial charge in [0.2, 0.25) is 0 Å². The summed E-state index contributed by atoms with van der Waals surface area (Å²) in [7, 11) is 0. The van der Waals surface area contributed by atoms with Crippen LogP contribution in [0.3, 0.4) is 0 Å². The van der Waals surface area contributed by atoms with Crippen molar-refractivity contribution in [3.63, 3.8) is 0 Å². The summed E-state index contributed by atoms with van der Waals surface area (Å²) in [5, 5.41) is 20.6. The number of ether oxygens (including phenoxy) is 2. The van der Waals surface area contributed by atoms with E-state index in [1.807, 2.05) is 0 Å². The summed E-state index contributed by atoms with van der Waals surface area (Å²) in [4.78, 5) is 4.63. The van der Waals surface area contributed by atoms with Crippen LogP contribution < -0.4 is 0 Å². The summed E-state index contributed by atoms with van der Waals surface area (Å²) in [6.07, 6.45) is 12.2. The van der Waals surface area contributed by atoms with E-state index in [-0.39, 0.29) is 0 Å². The summed E-state index contributed by atoms with van der Waals surface area (Å²) in [6, 6.07) is 0. The minimum Gasteiger partial charge on any atom is -0.389 e. The van der Waals surface area contributed by atoms with Gasteiger partial charge in [-0.3, -0.25) is 9.80 Å². The summed E-state index contributed by atoms with van der Waals surface area (Å²) >= 11 is 0. The zero-order valence-corrected chi connectivity index (χ0v) is 17.6. The van der Waals surface area contributed by atoms with Crippen molar-refractivity contribution in [3.8, 4) is 0 Å². The normalized spacial score (nSPS) is 26.4. The number of β-amino-alcohol motifs (C(OH)–C–C–N with tert-alkyl or cyclic N) is 2. The zero-order chi connectivity index (χ0) is 19.6. The van der Waals surface area contributed by atoms with Crippen LogP contribution in [0.1, 0.15) is 64.2 Å². The number of hydrogen-bond donors (Lipinski definition) is 2. The molecule has 0 bridgehead atoms. The lowest BCUT2D eigenvalue weighted by Gasteiger charge is -2.36. The summed E-state index contributed by atoms with van der Waals surface area (Å²) < 4.78 is 11.8. The van der Waals surface area contributed by atoms with Crippen molar-refractivity contribution in [2.24, 2.45) is 0 Å². The predicted molar refractivity (Wildman–Crippen MR) is 111 cm³/mol. The van der Waals surface area contributed by atoms with E-state index < -0.39 is 12.2 Å². The van der Waals surface area contributed by atoms with E-state index in [1.54, 1.807) is 0 Å². The summed E-state index contributed by atoms with van der Waals surface area (Å²) in [5.74, 6) is 0. The Labute approximate surface area is 171 Å². The van der Waals surface area contributed by atoms with Gasteiger partial charge in [-0.25, -0.2) is 0 Å². The van der Waals surface area contributed by atoms with Crippen molar-refractivity contribution >= 4 is 0 Å². The number of piperazine rings is 1. The van der Waals surface area contributed by atoms with Crippen LogP contribution in [0.15, 0.2) is 0 Å². The quantitative estimate of drug-likeness (QED) is 0.587. The summed E-state index contributed by atoms with van der Waals surface area (Å²) in [5.41, 5.74) is 0. The fourth-order valence-electron chi connectivity index (χ4n) is 4.81. The van der Waals surface area contributed by atoms with Gasteiger partial charge in [-0.2, -0.15) is 0 Å². The molecule has 0 radical (unpaired) electrons. The van der Waals surface area contributed by atoms with Gasteiger partial charge in [-0.15, -0.1) is 0 Å². The Kier molecular flexibility index (Phi) is 9.98. The lowest BCUT2D eigenvalue weighted by atomic mass is 9.98. The molecular formula is C22H42N2O4. The van der Waals surface area contributed by atoms with Crippen LogP contribution in [0.5, 0.6) is 0 Å². The van der Waals surface area contributed by atoms with Gasteiger partial charge in [0.1, 0.15) is 0 Å². The standard InChI is InChI=1S/C22H42N2O4/c25-19(17-27-21-7-3-1-4-8-21)15-23-11-13-24(14-12-23)16-20(26)18-28-22-9-5-2-6-10-22/h19-22,25-26H,1-18H2/t19-,20+. The molecule has 1 aliphatic heterocycles. The van der Waals surface area contributed by atoms with Crippen molar-refractivity contribution in [1.82, 2.24) is 9.80 Å². The molecule has 164 valence electrons. The maximum Gasteiger partial charge on any atom is 0.0900 e. The van der Waals surface area contributed by atoms with E-state index in [2.05, 4.69) is 9.80 Å².